The minimum atomic E-state index is 0.874. The van der Waals surface area contributed by atoms with Gasteiger partial charge in [-0.25, -0.2) is 0 Å². The molecule has 20 heavy (non-hydrogen) atoms. The van der Waals surface area contributed by atoms with Crippen LogP contribution in [0.15, 0.2) is 18.3 Å². The quantitative estimate of drug-likeness (QED) is 0.771. The molecule has 0 unspecified atom stereocenters. The van der Waals surface area contributed by atoms with Gasteiger partial charge in [0.05, 0.1) is 5.69 Å². The number of anilines is 1. The van der Waals surface area contributed by atoms with Crippen molar-refractivity contribution in [3.63, 3.8) is 0 Å². The highest BCUT2D eigenvalue weighted by Crippen LogP contribution is 2.25. The van der Waals surface area contributed by atoms with Crippen molar-refractivity contribution < 1.29 is 0 Å². The lowest BCUT2D eigenvalue weighted by molar-refractivity contribution is 0.362. The summed E-state index contributed by atoms with van der Waals surface area (Å²) in [5, 5.41) is 3.42. The molecule has 0 spiro atoms. The Labute approximate surface area is 123 Å². The van der Waals surface area contributed by atoms with Gasteiger partial charge in [-0.3, -0.25) is 4.98 Å². The third-order valence-electron chi connectivity index (χ3n) is 4.23. The highest BCUT2D eigenvalue weighted by molar-refractivity contribution is 5.45. The number of hydrogen-bond acceptors (Lipinski definition) is 3. The average Bonchev–Trinajstić information content (AvgIpc) is 2.49. The Morgan fingerprint density at radius 3 is 2.85 bits per heavy atom. The van der Waals surface area contributed by atoms with Gasteiger partial charge < -0.3 is 10.2 Å². The van der Waals surface area contributed by atoms with E-state index < -0.39 is 0 Å². The molecule has 1 aliphatic carbocycles. The zero-order valence-electron chi connectivity index (χ0n) is 13.1. The monoisotopic (exact) mass is 275 g/mol. The molecule has 1 fully saturated rings. The van der Waals surface area contributed by atoms with Crippen LogP contribution in [0.2, 0.25) is 0 Å². The first kappa shape index (κ1) is 15.3. The third-order valence-corrected chi connectivity index (χ3v) is 4.23. The first-order valence-corrected chi connectivity index (χ1v) is 8.16. The van der Waals surface area contributed by atoms with E-state index in [2.05, 4.69) is 41.3 Å². The van der Waals surface area contributed by atoms with E-state index >= 15 is 0 Å². The zero-order chi connectivity index (χ0) is 14.2. The van der Waals surface area contributed by atoms with Gasteiger partial charge in [0.1, 0.15) is 0 Å². The smallest absolute Gasteiger partial charge is 0.0562 e. The Morgan fingerprint density at radius 2 is 2.10 bits per heavy atom. The molecule has 1 aromatic heterocycles. The van der Waals surface area contributed by atoms with Crippen LogP contribution in [0.4, 0.5) is 5.69 Å². The molecule has 3 heteroatoms. The van der Waals surface area contributed by atoms with Gasteiger partial charge >= 0.3 is 0 Å². The van der Waals surface area contributed by atoms with Crippen molar-refractivity contribution in [3.05, 3.63) is 24.0 Å². The van der Waals surface area contributed by atoms with E-state index in [1.165, 1.54) is 50.8 Å². The second kappa shape index (κ2) is 8.25. The normalized spacial score (nSPS) is 16.3. The van der Waals surface area contributed by atoms with E-state index in [0.717, 1.165) is 24.7 Å². The summed E-state index contributed by atoms with van der Waals surface area (Å²) in [6.07, 6.45) is 10.2. The van der Waals surface area contributed by atoms with Gasteiger partial charge in [0.15, 0.2) is 0 Å². The van der Waals surface area contributed by atoms with Gasteiger partial charge in [-0.05, 0) is 43.9 Å². The summed E-state index contributed by atoms with van der Waals surface area (Å²) in [7, 11) is 2.22. The topological polar surface area (TPSA) is 28.2 Å². The summed E-state index contributed by atoms with van der Waals surface area (Å²) < 4.78 is 0. The van der Waals surface area contributed by atoms with Gasteiger partial charge in [-0.15, -0.1) is 0 Å². The second-order valence-electron chi connectivity index (χ2n) is 6.07. The number of pyridine rings is 1. The molecule has 0 bridgehead atoms. The Morgan fingerprint density at radius 1 is 1.30 bits per heavy atom. The molecule has 0 atom stereocenters. The largest absolute Gasteiger partial charge is 0.374 e. The Balaban J connectivity index is 1.88. The molecule has 3 nitrogen and oxygen atoms in total. The van der Waals surface area contributed by atoms with E-state index in [9.17, 15) is 0 Å². The van der Waals surface area contributed by atoms with E-state index in [1.54, 1.807) is 0 Å². The highest BCUT2D eigenvalue weighted by atomic mass is 15.1. The van der Waals surface area contributed by atoms with Crippen LogP contribution >= 0.6 is 0 Å². The molecule has 0 saturated heterocycles. The fourth-order valence-electron chi connectivity index (χ4n) is 3.06. The lowest BCUT2D eigenvalue weighted by Gasteiger charge is -2.28. The first-order valence-electron chi connectivity index (χ1n) is 8.16. The molecule has 0 radical (unpaired) electrons. The fourth-order valence-corrected chi connectivity index (χ4v) is 3.06. The van der Waals surface area contributed by atoms with Crippen LogP contribution in [0.1, 0.15) is 51.1 Å². The van der Waals surface area contributed by atoms with Gasteiger partial charge in [0, 0.05) is 32.0 Å². The predicted molar refractivity (Wildman–Crippen MR) is 86.1 cm³/mol. The highest BCUT2D eigenvalue weighted by Gasteiger charge is 2.15. The van der Waals surface area contributed by atoms with Crippen molar-refractivity contribution in [2.75, 3.05) is 25.0 Å². The second-order valence-corrected chi connectivity index (χ2v) is 6.07. The number of hydrogen-bond donors (Lipinski definition) is 1. The number of aromatic nitrogens is 1. The Kier molecular flexibility index (Phi) is 6.31. The summed E-state index contributed by atoms with van der Waals surface area (Å²) in [5.74, 6) is 0.878. The van der Waals surface area contributed by atoms with Gasteiger partial charge in [-0.2, -0.15) is 0 Å². The molecule has 0 aliphatic heterocycles. The van der Waals surface area contributed by atoms with Gasteiger partial charge in [0.25, 0.3) is 0 Å². The zero-order valence-corrected chi connectivity index (χ0v) is 13.1. The Bertz CT molecular complexity index is 386. The summed E-state index contributed by atoms with van der Waals surface area (Å²) in [4.78, 5) is 6.86. The summed E-state index contributed by atoms with van der Waals surface area (Å²) in [6, 6.07) is 4.36. The van der Waals surface area contributed by atoms with Gasteiger partial charge in [-0.1, -0.05) is 26.2 Å². The summed E-state index contributed by atoms with van der Waals surface area (Å²) in [6.45, 7) is 5.31. The molecular formula is C17H29N3. The average molecular weight is 275 g/mol. The number of nitrogens with one attached hydrogen (secondary N) is 1. The molecule has 112 valence electrons. The molecule has 1 aliphatic rings. The van der Waals surface area contributed by atoms with Crippen molar-refractivity contribution in [2.45, 2.75) is 52.0 Å². The van der Waals surface area contributed by atoms with Crippen LogP contribution in [-0.2, 0) is 6.54 Å². The maximum atomic E-state index is 4.45. The van der Waals surface area contributed by atoms with Crippen molar-refractivity contribution in [1.29, 1.82) is 0 Å². The van der Waals surface area contributed by atoms with Crippen LogP contribution in [0.25, 0.3) is 0 Å². The van der Waals surface area contributed by atoms with E-state index in [1.807, 2.05) is 6.20 Å². The molecule has 2 rings (SSSR count). The lowest BCUT2D eigenvalue weighted by atomic mass is 9.89. The van der Waals surface area contributed by atoms with Gasteiger partial charge in [0.2, 0.25) is 0 Å². The fraction of sp³-hybridized carbons (Fsp3) is 0.706. The van der Waals surface area contributed by atoms with E-state index in [0.29, 0.717) is 0 Å². The summed E-state index contributed by atoms with van der Waals surface area (Å²) >= 11 is 0. The SMILES string of the molecule is CCCNCc1cc(N(C)CC2CCCCC2)ccn1. The number of nitrogens with zero attached hydrogens (tertiary/aromatic N) is 2. The van der Waals surface area contributed by atoms with Crippen LogP contribution < -0.4 is 10.2 Å². The van der Waals surface area contributed by atoms with Crippen LogP contribution in [-0.4, -0.2) is 25.1 Å². The van der Waals surface area contributed by atoms with Crippen LogP contribution in [0, 0.1) is 5.92 Å². The van der Waals surface area contributed by atoms with Crippen LogP contribution in [0.3, 0.4) is 0 Å². The molecular weight excluding hydrogens is 246 g/mol. The summed E-state index contributed by atoms with van der Waals surface area (Å²) in [5.41, 5.74) is 2.45. The lowest BCUT2D eigenvalue weighted by Crippen LogP contribution is -2.27. The molecule has 0 amide bonds. The van der Waals surface area contributed by atoms with Crippen molar-refractivity contribution in [2.24, 2.45) is 5.92 Å². The maximum Gasteiger partial charge on any atom is 0.0562 e. The molecule has 0 aromatic carbocycles. The standard InChI is InChI=1S/C17H29N3/c1-3-10-18-13-16-12-17(9-11-19-16)20(2)14-15-7-5-4-6-8-15/h9,11-12,15,18H,3-8,10,13-14H2,1-2H3. The van der Waals surface area contributed by atoms with Crippen molar-refractivity contribution >= 4 is 5.69 Å². The first-order chi connectivity index (χ1) is 9.79. The molecule has 1 heterocycles. The van der Waals surface area contributed by atoms with Crippen molar-refractivity contribution in [1.82, 2.24) is 10.3 Å². The maximum absolute atomic E-state index is 4.45. The van der Waals surface area contributed by atoms with E-state index in [4.69, 9.17) is 0 Å². The minimum absolute atomic E-state index is 0.874. The van der Waals surface area contributed by atoms with Crippen molar-refractivity contribution in [3.8, 4) is 0 Å². The third kappa shape index (κ3) is 4.78. The minimum Gasteiger partial charge on any atom is -0.374 e. The van der Waals surface area contributed by atoms with Crippen LogP contribution in [0.5, 0.6) is 0 Å². The molecule has 1 N–H and O–H groups in total. The van der Waals surface area contributed by atoms with E-state index in [-0.39, 0.29) is 0 Å². The molecule has 1 saturated carbocycles. The Hall–Kier alpha value is -1.09. The predicted octanol–water partition coefficient (Wildman–Crippen LogP) is 3.60. The number of rotatable bonds is 7. The molecule has 1 aromatic rings.